The molecule has 0 spiro atoms. The van der Waals surface area contributed by atoms with E-state index >= 15 is 0 Å². The van der Waals surface area contributed by atoms with Crippen LogP contribution >= 0.6 is 11.3 Å². The number of nitrogens with one attached hydrogen (secondary N) is 1. The van der Waals surface area contributed by atoms with Crippen LogP contribution in [0.3, 0.4) is 0 Å². The number of aromatic nitrogens is 1. The fourth-order valence-corrected chi connectivity index (χ4v) is 4.75. The molecular formula is C21H32N4O2S. The third-order valence-electron chi connectivity index (χ3n) is 5.49. The number of rotatable bonds is 9. The van der Waals surface area contributed by atoms with Crippen LogP contribution in [0.1, 0.15) is 33.1 Å². The van der Waals surface area contributed by atoms with Crippen molar-refractivity contribution in [1.82, 2.24) is 15.2 Å². The highest BCUT2D eigenvalue weighted by molar-refractivity contribution is 7.22. The molecule has 1 aromatic heterocycles. The summed E-state index contributed by atoms with van der Waals surface area (Å²) in [5.41, 5.74) is 0.990. The fraction of sp³-hybridized carbons (Fsp3) is 0.619. The van der Waals surface area contributed by atoms with E-state index in [2.05, 4.69) is 29.0 Å². The largest absolute Gasteiger partial charge is 0.497 e. The molecule has 1 fully saturated rings. The first kappa shape index (κ1) is 20.9. The number of nitrogens with zero attached hydrogens (tertiary/aromatic N) is 3. The summed E-state index contributed by atoms with van der Waals surface area (Å²) in [6.07, 6.45) is 2.98. The molecule has 2 heterocycles. The van der Waals surface area contributed by atoms with Crippen LogP contribution in [-0.4, -0.2) is 62.2 Å². The van der Waals surface area contributed by atoms with Crippen LogP contribution in [0, 0.1) is 5.92 Å². The Hall–Kier alpha value is -1.86. The standard InChI is InChI=1S/C21H32N4O2S/c1-4-24(5-2)12-7-11-22-20(26)16-8-6-13-25(15-16)21-23-18-10-9-17(27-3)14-19(18)28-21/h9-10,14,16H,4-8,11-13,15H2,1-3H3,(H,22,26)/t16-/m1/s1. The van der Waals surface area contributed by atoms with E-state index in [9.17, 15) is 4.79 Å². The second-order valence-corrected chi connectivity index (χ2v) is 8.30. The zero-order valence-corrected chi connectivity index (χ0v) is 18.1. The van der Waals surface area contributed by atoms with E-state index in [1.165, 1.54) is 0 Å². The number of amides is 1. The van der Waals surface area contributed by atoms with E-state index in [0.29, 0.717) is 0 Å². The Labute approximate surface area is 171 Å². The van der Waals surface area contributed by atoms with E-state index < -0.39 is 0 Å². The number of carbonyl (C=O) groups is 1. The van der Waals surface area contributed by atoms with E-state index in [-0.39, 0.29) is 11.8 Å². The first-order valence-corrected chi connectivity index (χ1v) is 11.2. The van der Waals surface area contributed by atoms with E-state index in [1.54, 1.807) is 18.4 Å². The maximum absolute atomic E-state index is 12.6. The molecule has 1 aliphatic rings. The van der Waals surface area contributed by atoms with Crippen molar-refractivity contribution in [1.29, 1.82) is 0 Å². The number of thiazole rings is 1. The number of piperidine rings is 1. The first-order chi connectivity index (χ1) is 13.6. The molecule has 0 radical (unpaired) electrons. The fourth-order valence-electron chi connectivity index (χ4n) is 3.72. The Balaban J connectivity index is 1.54. The predicted octanol–water partition coefficient (Wildman–Crippen LogP) is 3.37. The SMILES string of the molecule is CCN(CC)CCCNC(=O)[C@@H]1CCCN(c2nc3ccc(OC)cc3s2)C1. The van der Waals surface area contributed by atoms with Gasteiger partial charge in [0.25, 0.3) is 0 Å². The van der Waals surface area contributed by atoms with Crippen molar-refractivity contribution >= 4 is 32.6 Å². The van der Waals surface area contributed by atoms with Gasteiger partial charge in [-0.2, -0.15) is 0 Å². The van der Waals surface area contributed by atoms with E-state index in [4.69, 9.17) is 9.72 Å². The number of fused-ring (bicyclic) bond motifs is 1. The van der Waals surface area contributed by atoms with Crippen molar-refractivity contribution in [3.63, 3.8) is 0 Å². The lowest BCUT2D eigenvalue weighted by Gasteiger charge is -2.31. The zero-order chi connectivity index (χ0) is 19.9. The molecule has 0 saturated carbocycles. The molecule has 1 saturated heterocycles. The van der Waals surface area contributed by atoms with Crippen LogP contribution < -0.4 is 15.0 Å². The molecule has 1 aromatic carbocycles. The molecule has 0 unspecified atom stereocenters. The lowest BCUT2D eigenvalue weighted by atomic mass is 9.97. The number of methoxy groups -OCH3 is 1. The molecular weight excluding hydrogens is 372 g/mol. The molecule has 3 rings (SSSR count). The van der Waals surface area contributed by atoms with Gasteiger partial charge in [0.1, 0.15) is 5.75 Å². The number of anilines is 1. The number of hydrogen-bond donors (Lipinski definition) is 1. The molecule has 154 valence electrons. The summed E-state index contributed by atoms with van der Waals surface area (Å²) >= 11 is 1.67. The Bertz CT molecular complexity index is 775. The van der Waals surface area contributed by atoms with Crippen LogP contribution in [0.2, 0.25) is 0 Å². The first-order valence-electron chi connectivity index (χ1n) is 10.3. The van der Waals surface area contributed by atoms with Crippen molar-refractivity contribution in [3.8, 4) is 5.75 Å². The third-order valence-corrected chi connectivity index (χ3v) is 6.57. The Kier molecular flexibility index (Phi) is 7.50. The van der Waals surface area contributed by atoms with Gasteiger partial charge in [-0.05, 0) is 57.1 Å². The normalized spacial score (nSPS) is 17.3. The average molecular weight is 405 g/mol. The summed E-state index contributed by atoms with van der Waals surface area (Å²) in [6, 6.07) is 5.97. The highest BCUT2D eigenvalue weighted by Gasteiger charge is 2.27. The quantitative estimate of drug-likeness (QED) is 0.650. The van der Waals surface area contributed by atoms with E-state index in [0.717, 1.165) is 79.6 Å². The van der Waals surface area contributed by atoms with Gasteiger partial charge >= 0.3 is 0 Å². The Morgan fingerprint density at radius 2 is 2.21 bits per heavy atom. The minimum absolute atomic E-state index is 0.0451. The molecule has 0 bridgehead atoms. The molecule has 1 atom stereocenters. The maximum atomic E-state index is 12.6. The number of benzene rings is 1. The van der Waals surface area contributed by atoms with Gasteiger partial charge < -0.3 is 19.9 Å². The highest BCUT2D eigenvalue weighted by Crippen LogP contribution is 2.33. The maximum Gasteiger partial charge on any atom is 0.224 e. The third kappa shape index (κ3) is 5.14. The topological polar surface area (TPSA) is 57.7 Å². The molecule has 28 heavy (non-hydrogen) atoms. The van der Waals surface area contributed by atoms with Crippen molar-refractivity contribution < 1.29 is 9.53 Å². The molecule has 1 N–H and O–H groups in total. The second-order valence-electron chi connectivity index (χ2n) is 7.29. The predicted molar refractivity (Wildman–Crippen MR) is 117 cm³/mol. The van der Waals surface area contributed by atoms with Gasteiger partial charge in [-0.3, -0.25) is 4.79 Å². The molecule has 0 aliphatic carbocycles. The lowest BCUT2D eigenvalue weighted by molar-refractivity contribution is -0.125. The van der Waals surface area contributed by atoms with Crippen molar-refractivity contribution in [2.24, 2.45) is 5.92 Å². The lowest BCUT2D eigenvalue weighted by Crippen LogP contribution is -2.43. The summed E-state index contributed by atoms with van der Waals surface area (Å²) < 4.78 is 6.43. The number of ether oxygens (including phenoxy) is 1. The van der Waals surface area contributed by atoms with Crippen LogP contribution in [-0.2, 0) is 4.79 Å². The smallest absolute Gasteiger partial charge is 0.224 e. The average Bonchev–Trinajstić information content (AvgIpc) is 3.17. The summed E-state index contributed by atoms with van der Waals surface area (Å²) in [6.45, 7) is 9.99. The van der Waals surface area contributed by atoms with Crippen LogP contribution in [0.15, 0.2) is 18.2 Å². The summed E-state index contributed by atoms with van der Waals surface area (Å²) in [4.78, 5) is 22.1. The van der Waals surface area contributed by atoms with Gasteiger partial charge in [-0.25, -0.2) is 4.98 Å². The van der Waals surface area contributed by atoms with Crippen LogP contribution in [0.4, 0.5) is 5.13 Å². The van der Waals surface area contributed by atoms with Gasteiger partial charge in [0.15, 0.2) is 5.13 Å². The molecule has 7 heteroatoms. The van der Waals surface area contributed by atoms with Gasteiger partial charge in [0.2, 0.25) is 5.91 Å². The highest BCUT2D eigenvalue weighted by atomic mass is 32.1. The number of hydrogen-bond acceptors (Lipinski definition) is 6. The summed E-state index contributed by atoms with van der Waals surface area (Å²) in [5.74, 6) is 1.08. The minimum atomic E-state index is 0.0451. The Morgan fingerprint density at radius 3 is 2.96 bits per heavy atom. The molecule has 2 aromatic rings. The van der Waals surface area contributed by atoms with Crippen LogP contribution in [0.5, 0.6) is 5.75 Å². The minimum Gasteiger partial charge on any atom is -0.497 e. The van der Waals surface area contributed by atoms with Gasteiger partial charge in [0.05, 0.1) is 23.2 Å². The zero-order valence-electron chi connectivity index (χ0n) is 17.2. The van der Waals surface area contributed by atoms with Crippen molar-refractivity contribution in [2.45, 2.75) is 33.1 Å². The van der Waals surface area contributed by atoms with Crippen molar-refractivity contribution in [3.05, 3.63) is 18.2 Å². The summed E-state index contributed by atoms with van der Waals surface area (Å²) in [5, 5.41) is 4.15. The molecule has 1 amide bonds. The van der Waals surface area contributed by atoms with Gasteiger partial charge in [-0.1, -0.05) is 25.2 Å². The second kappa shape index (κ2) is 10.1. The van der Waals surface area contributed by atoms with E-state index in [1.807, 2.05) is 18.2 Å². The molecule has 1 aliphatic heterocycles. The monoisotopic (exact) mass is 404 g/mol. The molecule has 6 nitrogen and oxygen atoms in total. The van der Waals surface area contributed by atoms with Crippen LogP contribution in [0.25, 0.3) is 10.2 Å². The summed E-state index contributed by atoms with van der Waals surface area (Å²) in [7, 11) is 1.68. The van der Waals surface area contributed by atoms with Gasteiger partial charge in [0, 0.05) is 19.6 Å². The Morgan fingerprint density at radius 1 is 1.39 bits per heavy atom. The van der Waals surface area contributed by atoms with Gasteiger partial charge in [-0.15, -0.1) is 0 Å². The number of carbonyl (C=O) groups excluding carboxylic acids is 1. The van der Waals surface area contributed by atoms with Crippen molar-refractivity contribution in [2.75, 3.05) is 51.3 Å².